The minimum atomic E-state index is -0.195. The zero-order valence-corrected chi connectivity index (χ0v) is 20.7. The number of carbonyl (C=O) groups excluding carboxylic acids is 2. The summed E-state index contributed by atoms with van der Waals surface area (Å²) in [4.78, 5) is 32.9. The van der Waals surface area contributed by atoms with Crippen molar-refractivity contribution >= 4 is 50.8 Å². The highest BCUT2D eigenvalue weighted by Crippen LogP contribution is 2.31. The molecule has 0 bridgehead atoms. The predicted octanol–water partition coefficient (Wildman–Crippen LogP) is 4.98. The van der Waals surface area contributed by atoms with Crippen LogP contribution in [0.25, 0.3) is 10.9 Å². The Morgan fingerprint density at radius 1 is 1.15 bits per heavy atom. The Kier molecular flexibility index (Phi) is 7.31. The van der Waals surface area contributed by atoms with E-state index in [2.05, 4.69) is 4.98 Å². The molecule has 0 fully saturated rings. The fourth-order valence-corrected chi connectivity index (χ4v) is 4.71. The second-order valence-electron chi connectivity index (χ2n) is 7.62. The van der Waals surface area contributed by atoms with Crippen molar-refractivity contribution in [2.75, 3.05) is 32.3 Å². The van der Waals surface area contributed by atoms with Gasteiger partial charge in [-0.2, -0.15) is 0 Å². The van der Waals surface area contributed by atoms with Crippen LogP contribution in [-0.4, -0.2) is 48.7 Å². The molecule has 34 heavy (non-hydrogen) atoms. The van der Waals surface area contributed by atoms with Crippen LogP contribution in [0.3, 0.4) is 0 Å². The van der Waals surface area contributed by atoms with E-state index in [1.807, 2.05) is 24.4 Å². The molecule has 0 radical (unpaired) electrons. The van der Waals surface area contributed by atoms with Gasteiger partial charge in [0.2, 0.25) is 5.91 Å². The molecule has 0 saturated heterocycles. The second-order valence-corrected chi connectivity index (χ2v) is 8.93. The maximum Gasteiger partial charge on any atom is 0.262 e. The SMILES string of the molecule is COCCN(C(=O)Cc1c(C)n(C(=O)c2ccc(Cl)cc2)c2ccc(OC)cc12)c1nccs1. The van der Waals surface area contributed by atoms with Crippen molar-refractivity contribution in [2.45, 2.75) is 13.3 Å². The fourth-order valence-electron chi connectivity index (χ4n) is 3.90. The average molecular weight is 498 g/mol. The molecule has 7 nitrogen and oxygen atoms in total. The third kappa shape index (κ3) is 4.70. The van der Waals surface area contributed by atoms with Crippen molar-refractivity contribution in [1.82, 2.24) is 9.55 Å². The lowest BCUT2D eigenvalue weighted by molar-refractivity contribution is -0.118. The Morgan fingerprint density at radius 2 is 1.91 bits per heavy atom. The quantitative estimate of drug-likeness (QED) is 0.343. The molecule has 4 aromatic rings. The summed E-state index contributed by atoms with van der Waals surface area (Å²) in [6.07, 6.45) is 1.76. The van der Waals surface area contributed by atoms with E-state index in [1.165, 1.54) is 11.3 Å². The molecule has 9 heteroatoms. The van der Waals surface area contributed by atoms with Gasteiger partial charge in [-0.15, -0.1) is 11.3 Å². The van der Waals surface area contributed by atoms with E-state index in [0.29, 0.717) is 45.8 Å². The number of hydrogen-bond acceptors (Lipinski definition) is 6. The van der Waals surface area contributed by atoms with E-state index in [9.17, 15) is 9.59 Å². The summed E-state index contributed by atoms with van der Waals surface area (Å²) < 4.78 is 12.3. The number of thiazole rings is 1. The van der Waals surface area contributed by atoms with Crippen LogP contribution in [-0.2, 0) is 16.0 Å². The van der Waals surface area contributed by atoms with Gasteiger partial charge < -0.3 is 9.47 Å². The van der Waals surface area contributed by atoms with E-state index in [0.717, 1.165) is 10.9 Å². The van der Waals surface area contributed by atoms with Gasteiger partial charge in [0, 0.05) is 40.4 Å². The number of anilines is 1. The van der Waals surface area contributed by atoms with Gasteiger partial charge in [0.15, 0.2) is 5.13 Å². The third-order valence-electron chi connectivity index (χ3n) is 5.63. The smallest absolute Gasteiger partial charge is 0.262 e. The number of carbonyl (C=O) groups is 2. The maximum atomic E-state index is 13.5. The van der Waals surface area contributed by atoms with E-state index in [-0.39, 0.29) is 18.2 Å². The lowest BCUT2D eigenvalue weighted by Crippen LogP contribution is -2.35. The number of methoxy groups -OCH3 is 2. The normalized spacial score (nSPS) is 11.1. The van der Waals surface area contributed by atoms with Gasteiger partial charge in [-0.25, -0.2) is 4.98 Å². The van der Waals surface area contributed by atoms with Gasteiger partial charge in [-0.05, 0) is 55.0 Å². The van der Waals surface area contributed by atoms with Gasteiger partial charge in [-0.1, -0.05) is 11.6 Å². The number of benzene rings is 2. The van der Waals surface area contributed by atoms with Gasteiger partial charge >= 0.3 is 0 Å². The Balaban J connectivity index is 1.78. The van der Waals surface area contributed by atoms with Crippen LogP contribution < -0.4 is 9.64 Å². The highest BCUT2D eigenvalue weighted by molar-refractivity contribution is 7.13. The van der Waals surface area contributed by atoms with Crippen molar-refractivity contribution in [3.63, 3.8) is 0 Å². The summed E-state index contributed by atoms with van der Waals surface area (Å²) in [5.41, 5.74) is 2.67. The zero-order chi connectivity index (χ0) is 24.2. The number of ether oxygens (including phenoxy) is 2. The molecular formula is C25H24ClN3O4S. The minimum Gasteiger partial charge on any atom is -0.497 e. The van der Waals surface area contributed by atoms with Gasteiger partial charge in [-0.3, -0.25) is 19.1 Å². The summed E-state index contributed by atoms with van der Waals surface area (Å²) in [7, 11) is 3.18. The number of rotatable bonds is 8. The highest BCUT2D eigenvalue weighted by atomic mass is 35.5. The van der Waals surface area contributed by atoms with E-state index < -0.39 is 0 Å². The number of halogens is 1. The number of amides is 1. The number of hydrogen-bond donors (Lipinski definition) is 0. The lowest BCUT2D eigenvalue weighted by atomic mass is 10.1. The molecule has 0 atom stereocenters. The van der Waals surface area contributed by atoms with E-state index in [1.54, 1.807) is 60.2 Å². The Bertz CT molecular complexity index is 1320. The third-order valence-corrected chi connectivity index (χ3v) is 6.68. The topological polar surface area (TPSA) is 73.7 Å². The van der Waals surface area contributed by atoms with Crippen LogP contribution in [0.2, 0.25) is 5.02 Å². The summed E-state index contributed by atoms with van der Waals surface area (Å²) in [5, 5.41) is 3.78. The molecule has 0 aliphatic heterocycles. The van der Waals surface area contributed by atoms with Crippen molar-refractivity contribution in [3.8, 4) is 5.75 Å². The molecule has 2 aromatic heterocycles. The average Bonchev–Trinajstić information content (AvgIpc) is 3.46. The van der Waals surface area contributed by atoms with Crippen molar-refractivity contribution < 1.29 is 19.1 Å². The maximum absolute atomic E-state index is 13.5. The molecule has 0 aliphatic rings. The monoisotopic (exact) mass is 497 g/mol. The number of nitrogens with zero attached hydrogens (tertiary/aromatic N) is 3. The molecule has 2 aromatic carbocycles. The number of fused-ring (bicyclic) bond motifs is 1. The molecule has 0 saturated carbocycles. The van der Waals surface area contributed by atoms with Crippen molar-refractivity contribution in [3.05, 3.63) is 75.9 Å². The van der Waals surface area contributed by atoms with Crippen LogP contribution >= 0.6 is 22.9 Å². The minimum absolute atomic E-state index is 0.0969. The molecule has 0 spiro atoms. The highest BCUT2D eigenvalue weighted by Gasteiger charge is 2.25. The summed E-state index contributed by atoms with van der Waals surface area (Å²) in [6.45, 7) is 2.62. The van der Waals surface area contributed by atoms with Gasteiger partial charge in [0.05, 0.1) is 32.2 Å². The van der Waals surface area contributed by atoms with Crippen LogP contribution in [0, 0.1) is 6.92 Å². The largest absolute Gasteiger partial charge is 0.497 e. The number of aromatic nitrogens is 2. The Hall–Kier alpha value is -3.20. The summed E-state index contributed by atoms with van der Waals surface area (Å²) in [5.74, 6) is 0.323. The first kappa shape index (κ1) is 23.9. The van der Waals surface area contributed by atoms with Crippen LogP contribution in [0.5, 0.6) is 5.75 Å². The first-order valence-electron chi connectivity index (χ1n) is 10.6. The van der Waals surface area contributed by atoms with E-state index in [4.69, 9.17) is 21.1 Å². The molecule has 0 unspecified atom stereocenters. The van der Waals surface area contributed by atoms with Crippen LogP contribution in [0.15, 0.2) is 54.0 Å². The van der Waals surface area contributed by atoms with Crippen LogP contribution in [0.4, 0.5) is 5.13 Å². The molecule has 1 amide bonds. The van der Waals surface area contributed by atoms with Crippen molar-refractivity contribution in [1.29, 1.82) is 0 Å². The fraction of sp³-hybridized carbons (Fsp3) is 0.240. The molecule has 4 rings (SSSR count). The first-order chi connectivity index (χ1) is 16.4. The van der Waals surface area contributed by atoms with Gasteiger partial charge in [0.1, 0.15) is 5.75 Å². The molecule has 2 heterocycles. The molecule has 0 N–H and O–H groups in total. The summed E-state index contributed by atoms with van der Waals surface area (Å²) >= 11 is 7.40. The Morgan fingerprint density at radius 3 is 2.56 bits per heavy atom. The first-order valence-corrected chi connectivity index (χ1v) is 11.9. The second kappa shape index (κ2) is 10.4. The van der Waals surface area contributed by atoms with Crippen LogP contribution in [0.1, 0.15) is 21.6 Å². The standard InChI is InChI=1S/C25H24ClN3O4S/c1-16-20(15-23(30)28(11-12-32-2)25-27-10-13-34-25)21-14-19(33-3)8-9-22(21)29(16)24(31)17-4-6-18(26)7-5-17/h4-10,13-14H,11-12,15H2,1-3H3. The Labute approximate surface area is 206 Å². The van der Waals surface area contributed by atoms with Gasteiger partial charge in [0.25, 0.3) is 5.91 Å². The van der Waals surface area contributed by atoms with E-state index >= 15 is 0 Å². The lowest BCUT2D eigenvalue weighted by Gasteiger charge is -2.19. The molecule has 176 valence electrons. The molecular weight excluding hydrogens is 474 g/mol. The molecule has 0 aliphatic carbocycles. The van der Waals surface area contributed by atoms with Crippen molar-refractivity contribution in [2.24, 2.45) is 0 Å². The zero-order valence-electron chi connectivity index (χ0n) is 19.1. The summed E-state index contributed by atoms with van der Waals surface area (Å²) in [6, 6.07) is 12.3. The predicted molar refractivity (Wildman–Crippen MR) is 134 cm³/mol.